The molecule has 1 atom stereocenters. The molecule has 0 aromatic carbocycles. The van der Waals surface area contributed by atoms with E-state index in [2.05, 4.69) is 154 Å². The van der Waals surface area contributed by atoms with Gasteiger partial charge in [-0.3, -0.25) is 14.4 Å². The van der Waals surface area contributed by atoms with Crippen LogP contribution in [-0.2, 0) is 28.6 Å². The van der Waals surface area contributed by atoms with Crippen LogP contribution in [0.2, 0.25) is 0 Å². The van der Waals surface area contributed by atoms with E-state index in [9.17, 15) is 14.4 Å². The highest BCUT2D eigenvalue weighted by Gasteiger charge is 2.19. The second-order valence-corrected chi connectivity index (χ2v) is 16.3. The van der Waals surface area contributed by atoms with Crippen LogP contribution in [0.15, 0.2) is 134 Å². The number of carbonyl (C=O) groups excluding carboxylic acids is 3. The van der Waals surface area contributed by atoms with E-state index in [1.807, 2.05) is 0 Å². The molecule has 0 amide bonds. The number of esters is 3. The molecule has 0 heterocycles. The van der Waals surface area contributed by atoms with E-state index < -0.39 is 6.10 Å². The fourth-order valence-electron chi connectivity index (χ4n) is 6.35. The van der Waals surface area contributed by atoms with Crippen LogP contribution in [0.25, 0.3) is 0 Å². The van der Waals surface area contributed by atoms with Gasteiger partial charge in [-0.25, -0.2) is 0 Å². The molecule has 0 N–H and O–H groups in total. The van der Waals surface area contributed by atoms with Gasteiger partial charge in [0.15, 0.2) is 6.10 Å². The molecule has 0 aromatic heterocycles. The zero-order valence-electron chi connectivity index (χ0n) is 41.4. The van der Waals surface area contributed by atoms with Gasteiger partial charge in [0.05, 0.1) is 0 Å². The lowest BCUT2D eigenvalue weighted by Gasteiger charge is -2.18. The SMILES string of the molecule is CC/C=C\C/C=C\C/C=C\C/C=C\C/C=C\C/C=C\C/C=C\C/C=C\CCCCC(=O)OCC(COC(=O)CCCCCCC)OC(=O)CCCCCCC/C=C\C/C=C\C/C=C\CC. The molecule has 0 aromatic rings. The maximum absolute atomic E-state index is 12.7. The summed E-state index contributed by atoms with van der Waals surface area (Å²) in [4.78, 5) is 37.6. The third kappa shape index (κ3) is 50.4. The quantitative estimate of drug-likeness (QED) is 0.0262. The van der Waals surface area contributed by atoms with Crippen molar-refractivity contribution in [3.8, 4) is 0 Å². The van der Waals surface area contributed by atoms with Gasteiger partial charge in [0.1, 0.15) is 13.2 Å². The lowest BCUT2D eigenvalue weighted by molar-refractivity contribution is -0.167. The van der Waals surface area contributed by atoms with Crippen LogP contribution in [0, 0.1) is 0 Å². The van der Waals surface area contributed by atoms with Crippen LogP contribution in [0.1, 0.15) is 201 Å². The van der Waals surface area contributed by atoms with Crippen molar-refractivity contribution in [1.82, 2.24) is 0 Å². The molecule has 0 rings (SSSR count). The Morgan fingerprint density at radius 1 is 0.323 bits per heavy atom. The lowest BCUT2D eigenvalue weighted by atomic mass is 10.1. The van der Waals surface area contributed by atoms with Crippen molar-refractivity contribution in [2.75, 3.05) is 13.2 Å². The van der Waals surface area contributed by atoms with Gasteiger partial charge >= 0.3 is 17.9 Å². The average molecular weight is 897 g/mol. The summed E-state index contributed by atoms with van der Waals surface area (Å²) in [5, 5.41) is 0. The molecule has 6 nitrogen and oxygen atoms in total. The van der Waals surface area contributed by atoms with Crippen molar-refractivity contribution in [2.45, 2.75) is 207 Å². The van der Waals surface area contributed by atoms with E-state index in [1.165, 1.54) is 0 Å². The van der Waals surface area contributed by atoms with Crippen molar-refractivity contribution < 1.29 is 28.6 Å². The van der Waals surface area contributed by atoms with Crippen molar-refractivity contribution in [3.05, 3.63) is 134 Å². The van der Waals surface area contributed by atoms with E-state index in [0.29, 0.717) is 25.7 Å². The van der Waals surface area contributed by atoms with E-state index in [0.717, 1.165) is 154 Å². The van der Waals surface area contributed by atoms with Crippen LogP contribution in [0.3, 0.4) is 0 Å². The molecule has 0 spiro atoms. The van der Waals surface area contributed by atoms with Gasteiger partial charge in [0.25, 0.3) is 0 Å². The number of carbonyl (C=O) groups is 3. The normalized spacial score (nSPS) is 13.2. The highest BCUT2D eigenvalue weighted by molar-refractivity contribution is 5.71. The third-order valence-electron chi connectivity index (χ3n) is 10.2. The largest absolute Gasteiger partial charge is 0.462 e. The molecule has 0 fully saturated rings. The van der Waals surface area contributed by atoms with Crippen LogP contribution in [0.4, 0.5) is 0 Å². The topological polar surface area (TPSA) is 78.9 Å². The molecule has 364 valence electrons. The van der Waals surface area contributed by atoms with Gasteiger partial charge in [0, 0.05) is 19.3 Å². The summed E-state index contributed by atoms with van der Waals surface area (Å²) in [5.41, 5.74) is 0. The number of allylic oxidation sites excluding steroid dienone is 22. The Morgan fingerprint density at radius 2 is 0.600 bits per heavy atom. The standard InChI is InChI=1S/C59H92O6/c1-4-7-10-13-15-17-19-21-23-24-25-26-27-28-29-30-31-32-33-34-36-37-39-41-43-46-49-52-58(61)64-55-56(54-63-57(60)51-48-45-12-9-6-3)65-59(62)53-50-47-44-42-40-38-35-22-20-18-16-14-11-8-5-2/h7-8,10-11,15-18,21-23,25-26,28-29,31-32,34-36,39,41,56H,4-6,9,12-14,19-20,24,27,30,33,37-38,40,42-55H2,1-3H3/b10-7-,11-8-,17-15-,18-16-,23-21-,26-25-,29-28-,32-31-,35-22-,36-34-,41-39-. The number of rotatable bonds is 44. The summed E-state index contributed by atoms with van der Waals surface area (Å²) in [6.07, 6.45) is 73.4. The molecule has 65 heavy (non-hydrogen) atoms. The number of hydrogen-bond donors (Lipinski definition) is 0. The lowest BCUT2D eigenvalue weighted by Crippen LogP contribution is -2.30. The average Bonchev–Trinajstić information content (AvgIpc) is 3.30. The predicted octanol–water partition coefficient (Wildman–Crippen LogP) is 17.1. The predicted molar refractivity (Wildman–Crippen MR) is 279 cm³/mol. The van der Waals surface area contributed by atoms with Crippen molar-refractivity contribution in [3.63, 3.8) is 0 Å². The fourth-order valence-corrected chi connectivity index (χ4v) is 6.35. The first kappa shape index (κ1) is 60.5. The molecule has 1 unspecified atom stereocenters. The summed E-state index contributed by atoms with van der Waals surface area (Å²) < 4.78 is 16.6. The van der Waals surface area contributed by atoms with Crippen molar-refractivity contribution >= 4 is 17.9 Å². The molecule has 0 saturated carbocycles. The van der Waals surface area contributed by atoms with Gasteiger partial charge < -0.3 is 14.2 Å². The van der Waals surface area contributed by atoms with Crippen molar-refractivity contribution in [1.29, 1.82) is 0 Å². The second kappa shape index (κ2) is 52.2. The van der Waals surface area contributed by atoms with Crippen LogP contribution in [0.5, 0.6) is 0 Å². The number of hydrogen-bond acceptors (Lipinski definition) is 6. The van der Waals surface area contributed by atoms with E-state index >= 15 is 0 Å². The zero-order valence-corrected chi connectivity index (χ0v) is 41.4. The Balaban J connectivity index is 4.28. The van der Waals surface area contributed by atoms with Crippen LogP contribution >= 0.6 is 0 Å². The summed E-state index contributed by atoms with van der Waals surface area (Å²) in [5.74, 6) is -0.993. The van der Waals surface area contributed by atoms with Gasteiger partial charge in [-0.1, -0.05) is 199 Å². The highest BCUT2D eigenvalue weighted by atomic mass is 16.6. The maximum Gasteiger partial charge on any atom is 0.306 e. The summed E-state index contributed by atoms with van der Waals surface area (Å²) in [6.45, 7) is 6.24. The maximum atomic E-state index is 12.7. The molecule has 0 aliphatic rings. The number of unbranched alkanes of at least 4 members (excludes halogenated alkanes) is 11. The Kier molecular flexibility index (Phi) is 48.6. The molecular weight excluding hydrogens is 805 g/mol. The van der Waals surface area contributed by atoms with Crippen LogP contribution < -0.4 is 0 Å². The molecule has 0 bridgehead atoms. The van der Waals surface area contributed by atoms with Gasteiger partial charge in [-0.05, 0) is 116 Å². The molecule has 0 aliphatic heterocycles. The van der Waals surface area contributed by atoms with Gasteiger partial charge in [-0.15, -0.1) is 0 Å². The zero-order chi connectivity index (χ0) is 47.2. The Bertz CT molecular complexity index is 1450. The Hall–Kier alpha value is -4.45. The van der Waals surface area contributed by atoms with Gasteiger partial charge in [-0.2, -0.15) is 0 Å². The first-order chi connectivity index (χ1) is 32.0. The molecule has 6 heteroatoms. The second-order valence-electron chi connectivity index (χ2n) is 16.3. The minimum atomic E-state index is -0.805. The van der Waals surface area contributed by atoms with Crippen molar-refractivity contribution in [2.24, 2.45) is 0 Å². The smallest absolute Gasteiger partial charge is 0.306 e. The monoisotopic (exact) mass is 897 g/mol. The minimum Gasteiger partial charge on any atom is -0.462 e. The third-order valence-corrected chi connectivity index (χ3v) is 10.2. The van der Waals surface area contributed by atoms with Gasteiger partial charge in [0.2, 0.25) is 0 Å². The number of ether oxygens (including phenoxy) is 3. The summed E-state index contributed by atoms with van der Waals surface area (Å²) >= 11 is 0. The van der Waals surface area contributed by atoms with E-state index in [1.54, 1.807) is 0 Å². The minimum absolute atomic E-state index is 0.105. The summed E-state index contributed by atoms with van der Waals surface area (Å²) in [7, 11) is 0. The Morgan fingerprint density at radius 3 is 0.969 bits per heavy atom. The first-order valence-electron chi connectivity index (χ1n) is 25.7. The first-order valence-corrected chi connectivity index (χ1v) is 25.7. The fraction of sp³-hybridized carbons (Fsp3) is 0.576. The highest BCUT2D eigenvalue weighted by Crippen LogP contribution is 2.12. The van der Waals surface area contributed by atoms with Crippen LogP contribution in [-0.4, -0.2) is 37.2 Å². The molecular formula is C59H92O6. The summed E-state index contributed by atoms with van der Waals surface area (Å²) in [6, 6.07) is 0. The molecule has 0 radical (unpaired) electrons. The molecule has 0 saturated heterocycles. The molecule has 0 aliphatic carbocycles. The van der Waals surface area contributed by atoms with E-state index in [-0.39, 0.29) is 31.1 Å². The van der Waals surface area contributed by atoms with E-state index in [4.69, 9.17) is 14.2 Å². The Labute approximate surface area is 398 Å².